The maximum atomic E-state index is 5.19. The summed E-state index contributed by atoms with van der Waals surface area (Å²) in [5, 5.41) is 1.21. The van der Waals surface area contributed by atoms with Gasteiger partial charge in [0.1, 0.15) is 5.75 Å². The van der Waals surface area contributed by atoms with Crippen LogP contribution in [0.1, 0.15) is 5.56 Å². The molecule has 0 bridgehead atoms. The zero-order valence-electron chi connectivity index (χ0n) is 7.50. The van der Waals surface area contributed by atoms with E-state index in [2.05, 4.69) is 25.6 Å². The molecule has 0 atom stereocenters. The van der Waals surface area contributed by atoms with E-state index >= 15 is 0 Å². The lowest BCUT2D eigenvalue weighted by Crippen LogP contribution is -1.82. The van der Waals surface area contributed by atoms with E-state index in [-0.39, 0.29) is 0 Å². The molecular weight excluding hydrogens is 200 g/mol. The second-order valence-corrected chi connectivity index (χ2v) is 4.78. The number of methoxy groups -OCH3 is 1. The average Bonchev–Trinajstić information content (AvgIpc) is 2.46. The molecule has 0 aliphatic carbocycles. The minimum absolute atomic E-state index is 0.913. The molecule has 1 heterocycles. The molecule has 0 saturated heterocycles. The minimum Gasteiger partial charge on any atom is -0.497 e. The van der Waals surface area contributed by atoms with Gasteiger partial charge in [-0.3, -0.25) is 0 Å². The molecule has 0 amide bonds. The normalized spacial score (nSPS) is 10.7. The van der Waals surface area contributed by atoms with Crippen LogP contribution < -0.4 is 4.74 Å². The fourth-order valence-electron chi connectivity index (χ4n) is 1.40. The molecule has 3 heteroatoms. The van der Waals surface area contributed by atoms with Crippen molar-refractivity contribution in [3.63, 3.8) is 0 Å². The van der Waals surface area contributed by atoms with Crippen molar-refractivity contribution < 1.29 is 4.74 Å². The summed E-state index contributed by atoms with van der Waals surface area (Å²) in [5.74, 6) is 0.913. The zero-order chi connectivity index (χ0) is 9.42. The number of aryl methyl sites for hydroxylation is 1. The van der Waals surface area contributed by atoms with Crippen LogP contribution in [0, 0.1) is 6.92 Å². The van der Waals surface area contributed by atoms with E-state index in [4.69, 9.17) is 4.74 Å². The lowest BCUT2D eigenvalue weighted by atomic mass is 10.2. The van der Waals surface area contributed by atoms with Crippen molar-refractivity contribution in [1.82, 2.24) is 0 Å². The highest BCUT2D eigenvalue weighted by atomic mass is 32.2. The van der Waals surface area contributed by atoms with Crippen molar-refractivity contribution in [2.45, 2.75) is 11.1 Å². The predicted molar refractivity (Wildman–Crippen MR) is 60.4 cm³/mol. The molecule has 0 N–H and O–H groups in total. The lowest BCUT2D eigenvalue weighted by molar-refractivity contribution is 0.415. The Kier molecular flexibility index (Phi) is 2.22. The quantitative estimate of drug-likeness (QED) is 0.709. The molecule has 0 fully saturated rings. The van der Waals surface area contributed by atoms with Gasteiger partial charge in [0.05, 0.1) is 11.3 Å². The predicted octanol–water partition coefficient (Wildman–Crippen LogP) is 3.51. The van der Waals surface area contributed by atoms with Crippen LogP contribution in [-0.2, 0) is 0 Å². The SMILES string of the molecule is COc1cc(C)c2sc(S)cc2c1. The highest BCUT2D eigenvalue weighted by Crippen LogP contribution is 2.33. The molecule has 0 saturated carbocycles. The first kappa shape index (κ1) is 8.91. The zero-order valence-corrected chi connectivity index (χ0v) is 9.21. The van der Waals surface area contributed by atoms with E-state index < -0.39 is 0 Å². The molecule has 0 aliphatic heterocycles. The molecule has 1 aromatic heterocycles. The summed E-state index contributed by atoms with van der Waals surface area (Å²) in [7, 11) is 1.69. The summed E-state index contributed by atoms with van der Waals surface area (Å²) in [4.78, 5) is 0. The number of benzene rings is 1. The molecule has 1 aromatic carbocycles. The van der Waals surface area contributed by atoms with Crippen molar-refractivity contribution in [1.29, 1.82) is 0 Å². The van der Waals surface area contributed by atoms with E-state index in [1.807, 2.05) is 12.1 Å². The molecule has 0 unspecified atom stereocenters. The molecule has 0 spiro atoms. The summed E-state index contributed by atoms with van der Waals surface area (Å²) >= 11 is 6.04. The second kappa shape index (κ2) is 3.24. The summed E-state index contributed by atoms with van der Waals surface area (Å²) in [6, 6.07) is 6.16. The van der Waals surface area contributed by atoms with Gasteiger partial charge >= 0.3 is 0 Å². The van der Waals surface area contributed by atoms with Crippen LogP contribution in [-0.4, -0.2) is 7.11 Å². The summed E-state index contributed by atoms with van der Waals surface area (Å²) in [6.07, 6.45) is 0. The van der Waals surface area contributed by atoms with Crippen molar-refractivity contribution in [3.8, 4) is 5.75 Å². The third kappa shape index (κ3) is 1.54. The van der Waals surface area contributed by atoms with E-state index in [1.165, 1.54) is 15.6 Å². The van der Waals surface area contributed by atoms with Crippen LogP contribution in [0.2, 0.25) is 0 Å². The summed E-state index contributed by atoms with van der Waals surface area (Å²) in [6.45, 7) is 2.09. The van der Waals surface area contributed by atoms with Crippen molar-refractivity contribution in [2.24, 2.45) is 0 Å². The molecule has 2 aromatic rings. The first-order valence-corrected chi connectivity index (χ1v) is 5.24. The summed E-state index contributed by atoms with van der Waals surface area (Å²) in [5.41, 5.74) is 1.25. The molecule has 68 valence electrons. The number of rotatable bonds is 1. The Labute approximate surface area is 86.8 Å². The van der Waals surface area contributed by atoms with Crippen LogP contribution >= 0.6 is 24.0 Å². The number of thiol groups is 1. The first-order valence-electron chi connectivity index (χ1n) is 3.98. The smallest absolute Gasteiger partial charge is 0.119 e. The molecule has 0 radical (unpaired) electrons. The molecule has 0 aliphatic rings. The van der Waals surface area contributed by atoms with Gasteiger partial charge < -0.3 is 4.74 Å². The standard InChI is InChI=1S/C10H10OS2/c1-6-3-8(11-2)4-7-5-9(12)13-10(6)7/h3-5,12H,1-2H3. The van der Waals surface area contributed by atoms with Crippen molar-refractivity contribution in [2.75, 3.05) is 7.11 Å². The fraction of sp³-hybridized carbons (Fsp3) is 0.200. The van der Waals surface area contributed by atoms with Crippen LogP contribution in [0.15, 0.2) is 22.4 Å². The molecular formula is C10H10OS2. The second-order valence-electron chi connectivity index (χ2n) is 2.95. The van der Waals surface area contributed by atoms with Gasteiger partial charge in [-0.15, -0.1) is 24.0 Å². The van der Waals surface area contributed by atoms with E-state index in [9.17, 15) is 0 Å². The van der Waals surface area contributed by atoms with Gasteiger partial charge in [0.25, 0.3) is 0 Å². The van der Waals surface area contributed by atoms with Crippen LogP contribution in [0.3, 0.4) is 0 Å². The number of thiophene rings is 1. The van der Waals surface area contributed by atoms with Crippen molar-refractivity contribution >= 4 is 34.1 Å². The van der Waals surface area contributed by atoms with Crippen LogP contribution in [0.25, 0.3) is 10.1 Å². The Morgan fingerprint density at radius 2 is 2.08 bits per heavy atom. The Morgan fingerprint density at radius 3 is 2.77 bits per heavy atom. The number of fused-ring (bicyclic) bond motifs is 1. The average molecular weight is 210 g/mol. The van der Waals surface area contributed by atoms with Gasteiger partial charge in [0, 0.05) is 4.70 Å². The Bertz CT molecular complexity index is 445. The topological polar surface area (TPSA) is 9.23 Å². The third-order valence-corrected chi connectivity index (χ3v) is 3.49. The van der Waals surface area contributed by atoms with Gasteiger partial charge in [-0.25, -0.2) is 0 Å². The molecule has 2 rings (SSSR count). The van der Waals surface area contributed by atoms with E-state index in [0.29, 0.717) is 0 Å². The van der Waals surface area contributed by atoms with Crippen LogP contribution in [0.4, 0.5) is 0 Å². The number of ether oxygens (including phenoxy) is 1. The van der Waals surface area contributed by atoms with Gasteiger partial charge in [0.15, 0.2) is 0 Å². The Balaban J connectivity index is 2.75. The van der Waals surface area contributed by atoms with Gasteiger partial charge in [-0.05, 0) is 36.1 Å². The van der Waals surface area contributed by atoms with Gasteiger partial charge in [0.2, 0.25) is 0 Å². The van der Waals surface area contributed by atoms with Crippen LogP contribution in [0.5, 0.6) is 5.75 Å². The van der Waals surface area contributed by atoms with Gasteiger partial charge in [-0.1, -0.05) is 0 Å². The lowest BCUT2D eigenvalue weighted by Gasteiger charge is -2.01. The van der Waals surface area contributed by atoms with Crippen molar-refractivity contribution in [3.05, 3.63) is 23.8 Å². The largest absolute Gasteiger partial charge is 0.497 e. The number of hydrogen-bond donors (Lipinski definition) is 1. The molecule has 1 nitrogen and oxygen atoms in total. The van der Waals surface area contributed by atoms with E-state index in [1.54, 1.807) is 18.4 Å². The Hall–Kier alpha value is -0.670. The minimum atomic E-state index is 0.913. The highest BCUT2D eigenvalue weighted by Gasteiger charge is 2.04. The summed E-state index contributed by atoms with van der Waals surface area (Å²) < 4.78 is 7.54. The monoisotopic (exact) mass is 210 g/mol. The highest BCUT2D eigenvalue weighted by molar-refractivity contribution is 7.83. The maximum absolute atomic E-state index is 5.19. The van der Waals surface area contributed by atoms with E-state index in [0.717, 1.165) is 9.96 Å². The maximum Gasteiger partial charge on any atom is 0.119 e. The third-order valence-electron chi connectivity index (χ3n) is 2.00. The Morgan fingerprint density at radius 1 is 1.31 bits per heavy atom. The number of hydrogen-bond acceptors (Lipinski definition) is 3. The first-order chi connectivity index (χ1) is 6.20. The van der Waals surface area contributed by atoms with Gasteiger partial charge in [-0.2, -0.15) is 0 Å². The fourth-order valence-corrected chi connectivity index (χ4v) is 2.66. The molecule has 13 heavy (non-hydrogen) atoms.